The molecular weight excluding hydrogens is 452 g/mol. The second kappa shape index (κ2) is 15.1. The molecule has 0 aromatic heterocycles. The minimum Gasteiger partial charge on any atom is -0.488 e. The van der Waals surface area contributed by atoms with Crippen LogP contribution >= 0.6 is 0 Å². The molecule has 2 rings (SSSR count). The number of benzene rings is 2. The highest BCUT2D eigenvalue weighted by atomic mass is 16.5. The van der Waals surface area contributed by atoms with Gasteiger partial charge in [-0.25, -0.2) is 0 Å². The Bertz CT molecular complexity index is 919. The van der Waals surface area contributed by atoms with E-state index in [0.29, 0.717) is 18.5 Å². The molecule has 0 spiro atoms. The van der Waals surface area contributed by atoms with Gasteiger partial charge in [-0.1, -0.05) is 56.2 Å². The number of carbonyl (C=O) groups is 2. The van der Waals surface area contributed by atoms with E-state index >= 15 is 0 Å². The average molecular weight is 489 g/mol. The van der Waals surface area contributed by atoms with Crippen LogP contribution in [0.3, 0.4) is 0 Å². The third-order valence-corrected chi connectivity index (χ3v) is 5.39. The summed E-state index contributed by atoms with van der Waals surface area (Å²) in [7, 11) is 0. The summed E-state index contributed by atoms with van der Waals surface area (Å²) >= 11 is 0. The Balaban J connectivity index is 2.11. The lowest BCUT2D eigenvalue weighted by molar-refractivity contribution is -0.129. The van der Waals surface area contributed by atoms with E-state index in [2.05, 4.69) is 17.6 Å². The highest BCUT2D eigenvalue weighted by Crippen LogP contribution is 2.26. The first kappa shape index (κ1) is 28.3. The fourth-order valence-electron chi connectivity index (χ4n) is 3.55. The number of ether oxygens (including phenoxy) is 1. The molecule has 0 aliphatic rings. The standard InChI is InChI=1S/C26H36N2O7/c1-2-3-7-14-27-25(32)21(28-23(29)13-11-18-8-5-4-6-9-18)16-19-10-12-22(35-17-24(30)31)20(15-19)26(33)34/h4-6,8-10,12,15,21,24,26,30-31,33-34H,2-3,7,11,13-14,16-17H2,1H3,(H,27,32)(H,28,29). The van der Waals surface area contributed by atoms with Crippen molar-refractivity contribution in [2.24, 2.45) is 0 Å². The topological polar surface area (TPSA) is 148 Å². The minimum atomic E-state index is -1.87. The molecule has 0 saturated carbocycles. The van der Waals surface area contributed by atoms with Crippen LogP contribution in [0.4, 0.5) is 0 Å². The number of hydrogen-bond donors (Lipinski definition) is 6. The van der Waals surface area contributed by atoms with Gasteiger partial charge < -0.3 is 35.8 Å². The van der Waals surface area contributed by atoms with Gasteiger partial charge in [-0.3, -0.25) is 9.59 Å². The van der Waals surface area contributed by atoms with Gasteiger partial charge in [0.2, 0.25) is 11.8 Å². The molecule has 35 heavy (non-hydrogen) atoms. The van der Waals surface area contributed by atoms with Gasteiger partial charge in [0.05, 0.1) is 0 Å². The molecular formula is C26H36N2O7. The molecule has 0 aliphatic heterocycles. The van der Waals surface area contributed by atoms with E-state index in [1.807, 2.05) is 30.3 Å². The highest BCUT2D eigenvalue weighted by molar-refractivity contribution is 5.88. The maximum Gasteiger partial charge on any atom is 0.242 e. The van der Waals surface area contributed by atoms with Gasteiger partial charge in [0, 0.05) is 24.9 Å². The molecule has 2 aromatic rings. The van der Waals surface area contributed by atoms with Gasteiger partial charge in [0.25, 0.3) is 0 Å². The Morgan fingerprint density at radius 3 is 2.37 bits per heavy atom. The summed E-state index contributed by atoms with van der Waals surface area (Å²) in [4.78, 5) is 25.5. The molecule has 2 aromatic carbocycles. The van der Waals surface area contributed by atoms with Gasteiger partial charge >= 0.3 is 0 Å². The Labute approximate surface area is 205 Å². The first-order valence-electron chi connectivity index (χ1n) is 11.9. The molecule has 0 aliphatic carbocycles. The van der Waals surface area contributed by atoms with Crippen molar-refractivity contribution in [2.45, 2.75) is 64.1 Å². The van der Waals surface area contributed by atoms with E-state index in [1.54, 1.807) is 6.07 Å². The van der Waals surface area contributed by atoms with Crippen LogP contribution in [-0.4, -0.2) is 57.7 Å². The van der Waals surface area contributed by atoms with Gasteiger partial charge in [-0.05, 0) is 36.1 Å². The first-order valence-corrected chi connectivity index (χ1v) is 11.9. The normalized spacial score (nSPS) is 12.0. The summed E-state index contributed by atoms with van der Waals surface area (Å²) in [6, 6.07) is 13.3. The number of aliphatic hydroxyl groups excluding tert-OH is 2. The van der Waals surface area contributed by atoms with Crippen molar-refractivity contribution in [1.82, 2.24) is 10.6 Å². The van der Waals surface area contributed by atoms with Crippen molar-refractivity contribution >= 4 is 11.8 Å². The molecule has 1 atom stereocenters. The summed E-state index contributed by atoms with van der Waals surface area (Å²) in [5.74, 6) is -0.504. The van der Waals surface area contributed by atoms with E-state index in [1.165, 1.54) is 12.1 Å². The van der Waals surface area contributed by atoms with Crippen LogP contribution in [0.2, 0.25) is 0 Å². The van der Waals surface area contributed by atoms with Crippen LogP contribution in [-0.2, 0) is 22.4 Å². The van der Waals surface area contributed by atoms with Crippen molar-refractivity contribution < 1.29 is 34.8 Å². The zero-order chi connectivity index (χ0) is 25.6. The van der Waals surface area contributed by atoms with E-state index in [9.17, 15) is 19.8 Å². The number of unbranched alkanes of at least 4 members (excludes halogenated alkanes) is 2. The lowest BCUT2D eigenvalue weighted by atomic mass is 10.0. The monoisotopic (exact) mass is 488 g/mol. The number of carbonyl (C=O) groups excluding carboxylic acids is 2. The Kier molecular flexibility index (Phi) is 12.2. The van der Waals surface area contributed by atoms with Crippen molar-refractivity contribution in [1.29, 1.82) is 0 Å². The van der Waals surface area contributed by atoms with Gasteiger partial charge in [0.15, 0.2) is 12.6 Å². The van der Waals surface area contributed by atoms with Crippen LogP contribution in [0.5, 0.6) is 5.75 Å². The predicted octanol–water partition coefficient (Wildman–Crippen LogP) is 1.33. The smallest absolute Gasteiger partial charge is 0.242 e. The number of aryl methyl sites for hydroxylation is 1. The summed E-state index contributed by atoms with van der Waals surface area (Å²) < 4.78 is 5.21. The first-order chi connectivity index (χ1) is 16.8. The second-order valence-corrected chi connectivity index (χ2v) is 8.35. The highest BCUT2D eigenvalue weighted by Gasteiger charge is 2.22. The van der Waals surface area contributed by atoms with Gasteiger partial charge in [-0.2, -0.15) is 0 Å². The van der Waals surface area contributed by atoms with Gasteiger partial charge in [0.1, 0.15) is 18.4 Å². The number of amides is 2. The third kappa shape index (κ3) is 10.4. The molecule has 0 heterocycles. The lowest BCUT2D eigenvalue weighted by Crippen LogP contribution is -2.48. The van der Waals surface area contributed by atoms with Crippen LogP contribution in [0, 0.1) is 0 Å². The molecule has 192 valence electrons. The number of aliphatic hydroxyl groups is 4. The molecule has 9 heteroatoms. The molecule has 0 saturated heterocycles. The van der Waals surface area contributed by atoms with Gasteiger partial charge in [-0.15, -0.1) is 0 Å². The summed E-state index contributed by atoms with van der Waals surface area (Å²) in [6.07, 6.45) is 0.133. The quantitative estimate of drug-likeness (QED) is 0.164. The van der Waals surface area contributed by atoms with Crippen LogP contribution in [0.1, 0.15) is 55.6 Å². The van der Waals surface area contributed by atoms with E-state index in [0.717, 1.165) is 24.8 Å². The van der Waals surface area contributed by atoms with Crippen LogP contribution in [0.25, 0.3) is 0 Å². The summed E-state index contributed by atoms with van der Waals surface area (Å²) in [5.41, 5.74) is 1.61. The van der Waals surface area contributed by atoms with Crippen LogP contribution in [0.15, 0.2) is 48.5 Å². The second-order valence-electron chi connectivity index (χ2n) is 8.35. The molecule has 9 nitrogen and oxygen atoms in total. The van der Waals surface area contributed by atoms with E-state index < -0.39 is 25.2 Å². The number of hydrogen-bond acceptors (Lipinski definition) is 7. The molecule has 0 radical (unpaired) electrons. The summed E-state index contributed by atoms with van der Waals surface area (Å²) in [6.45, 7) is 2.12. The maximum absolute atomic E-state index is 12.9. The fraction of sp³-hybridized carbons (Fsp3) is 0.462. The SMILES string of the molecule is CCCCCNC(=O)C(Cc1ccc(OCC(O)O)c(C(O)O)c1)NC(=O)CCc1ccccc1. The Hall–Kier alpha value is -2.98. The predicted molar refractivity (Wildman–Crippen MR) is 130 cm³/mol. The number of rotatable bonds is 15. The average Bonchev–Trinajstić information content (AvgIpc) is 2.84. The largest absolute Gasteiger partial charge is 0.488 e. The van der Waals surface area contributed by atoms with Crippen molar-refractivity contribution in [3.63, 3.8) is 0 Å². The van der Waals surface area contributed by atoms with Crippen molar-refractivity contribution in [3.8, 4) is 5.75 Å². The van der Waals surface area contributed by atoms with Crippen LogP contribution < -0.4 is 15.4 Å². The Morgan fingerprint density at radius 1 is 0.971 bits per heavy atom. The zero-order valence-electron chi connectivity index (χ0n) is 20.0. The third-order valence-electron chi connectivity index (χ3n) is 5.39. The Morgan fingerprint density at radius 2 is 1.71 bits per heavy atom. The zero-order valence-corrected chi connectivity index (χ0v) is 20.0. The van der Waals surface area contributed by atoms with E-state index in [-0.39, 0.29) is 36.0 Å². The molecule has 1 unspecified atom stereocenters. The lowest BCUT2D eigenvalue weighted by Gasteiger charge is -2.20. The maximum atomic E-state index is 12.9. The fourth-order valence-corrected chi connectivity index (χ4v) is 3.55. The molecule has 0 bridgehead atoms. The van der Waals surface area contributed by atoms with Crippen molar-refractivity contribution in [2.75, 3.05) is 13.2 Å². The molecule has 2 amide bonds. The summed E-state index contributed by atoms with van der Waals surface area (Å²) in [5, 5.41) is 43.1. The minimum absolute atomic E-state index is 0.0145. The number of nitrogens with one attached hydrogen (secondary N) is 2. The van der Waals surface area contributed by atoms with Crippen molar-refractivity contribution in [3.05, 3.63) is 65.2 Å². The van der Waals surface area contributed by atoms with E-state index in [4.69, 9.17) is 14.9 Å². The molecule has 0 fully saturated rings. The molecule has 6 N–H and O–H groups in total.